The molecule has 0 aromatic heterocycles. The summed E-state index contributed by atoms with van der Waals surface area (Å²) in [6.07, 6.45) is 12.1. The number of unbranched alkanes of at least 4 members (excludes halogenated alkanes) is 1. The van der Waals surface area contributed by atoms with Gasteiger partial charge in [-0.3, -0.25) is 4.18 Å². The van der Waals surface area contributed by atoms with E-state index in [0.717, 1.165) is 51.4 Å². The van der Waals surface area contributed by atoms with Gasteiger partial charge in [0.2, 0.25) is 0 Å². The van der Waals surface area contributed by atoms with Crippen LogP contribution in [0.3, 0.4) is 0 Å². The molecule has 7 heteroatoms. The molecular weight excluding hydrogens is 625 g/mol. The van der Waals surface area contributed by atoms with Crippen LogP contribution in [-0.2, 0) is 13.0 Å². The van der Waals surface area contributed by atoms with E-state index in [1.165, 1.54) is 23.2 Å². The predicted molar refractivity (Wildman–Crippen MR) is 208 cm³/mol. The third-order valence-corrected chi connectivity index (χ3v) is 19.7. The highest BCUT2D eigenvalue weighted by atomic mass is 32.2. The lowest BCUT2D eigenvalue weighted by molar-refractivity contribution is -0.0171. The summed E-state index contributed by atoms with van der Waals surface area (Å²) in [4.78, 5) is -0.200. The Balaban J connectivity index is 3.01. The Morgan fingerprint density at radius 3 is 1.44 bits per heavy atom. The van der Waals surface area contributed by atoms with Crippen LogP contribution in [0, 0.1) is 0 Å². The lowest BCUT2D eigenvalue weighted by Gasteiger charge is -2.58. The molecule has 3 nitrogen and oxygen atoms in total. The second kappa shape index (κ2) is 17.7. The molecule has 0 saturated carbocycles. The van der Waals surface area contributed by atoms with Crippen LogP contribution in [0.2, 0.25) is 19.6 Å². The average molecular weight is 691 g/mol. The van der Waals surface area contributed by atoms with E-state index in [1.807, 2.05) is 11.8 Å². The Kier molecular flexibility index (Phi) is 16.0. The molecule has 1 atom stereocenters. The Hall–Kier alpha value is -0.546. The molecule has 256 valence electrons. The lowest BCUT2D eigenvalue weighted by atomic mass is 9.78. The highest BCUT2D eigenvalue weighted by molar-refractivity contribution is 8.01. The van der Waals surface area contributed by atoms with Gasteiger partial charge in [0.15, 0.2) is 8.32 Å². The van der Waals surface area contributed by atoms with Crippen LogP contribution in [0.4, 0.5) is 0 Å². The van der Waals surface area contributed by atoms with Crippen LogP contribution < -0.4 is 10.4 Å². The minimum absolute atomic E-state index is 0.200. The van der Waals surface area contributed by atoms with Gasteiger partial charge in [-0.05, 0) is 94.1 Å². The third kappa shape index (κ3) is 8.55. The first-order valence-electron chi connectivity index (χ1n) is 17.8. The maximum atomic E-state index is 8.38. The lowest BCUT2D eigenvalue weighted by Crippen LogP contribution is -2.80. The van der Waals surface area contributed by atoms with E-state index >= 15 is 0 Å². The minimum atomic E-state index is -3.13. The molecule has 0 bridgehead atoms. The van der Waals surface area contributed by atoms with Gasteiger partial charge in [-0.1, -0.05) is 122 Å². The highest BCUT2D eigenvalue weighted by Gasteiger charge is 2.64. The van der Waals surface area contributed by atoms with Gasteiger partial charge in [0, 0.05) is 12.0 Å². The topological polar surface area (TPSA) is 27.7 Å². The van der Waals surface area contributed by atoms with Crippen LogP contribution in [-0.4, -0.2) is 43.4 Å². The zero-order valence-corrected chi connectivity index (χ0v) is 34.5. The zero-order valence-electron chi connectivity index (χ0n) is 30.9. The first kappa shape index (κ1) is 40.6. The van der Waals surface area contributed by atoms with Crippen molar-refractivity contribution in [2.75, 3.05) is 6.26 Å². The van der Waals surface area contributed by atoms with Crippen molar-refractivity contribution >= 4 is 50.8 Å². The summed E-state index contributed by atoms with van der Waals surface area (Å²) in [7, 11) is -5.14. The molecule has 0 aliphatic carbocycles. The van der Waals surface area contributed by atoms with Gasteiger partial charge in [0.25, 0.3) is 8.32 Å². The predicted octanol–water partition coefficient (Wildman–Crippen LogP) is 11.2. The summed E-state index contributed by atoms with van der Waals surface area (Å²) in [5.74, 6) is 0. The largest absolute Gasteiger partial charge is 0.411 e. The van der Waals surface area contributed by atoms with Crippen molar-refractivity contribution in [1.29, 1.82) is 0 Å². The van der Waals surface area contributed by atoms with E-state index < -0.39 is 27.5 Å². The van der Waals surface area contributed by atoms with Crippen LogP contribution >= 0.6 is 23.8 Å². The molecule has 2 rings (SSSR count). The van der Waals surface area contributed by atoms with Crippen LogP contribution in [0.5, 0.6) is 0 Å². The molecule has 0 fully saturated rings. The second-order valence-corrected chi connectivity index (χ2v) is 23.9. The quantitative estimate of drug-likeness (QED) is 0.0696. The average Bonchev–Trinajstić information content (AvgIpc) is 3.07. The molecule has 0 N–H and O–H groups in total. The Morgan fingerprint density at radius 1 is 0.622 bits per heavy atom. The van der Waals surface area contributed by atoms with Gasteiger partial charge in [-0.15, -0.1) is 11.8 Å². The molecule has 0 heterocycles. The molecule has 0 spiro atoms. The van der Waals surface area contributed by atoms with Gasteiger partial charge in [0.1, 0.15) is 4.93 Å². The fraction of sp³-hybridized carbons (Fsp3) is 0.684. The fourth-order valence-corrected chi connectivity index (χ4v) is 17.9. The zero-order chi connectivity index (χ0) is 33.8. The van der Waals surface area contributed by atoms with Crippen molar-refractivity contribution in [2.24, 2.45) is 0 Å². The number of benzene rings is 2. The molecule has 0 radical (unpaired) electrons. The van der Waals surface area contributed by atoms with E-state index in [9.17, 15) is 0 Å². The number of rotatable bonds is 22. The molecule has 0 amide bonds. The first-order chi connectivity index (χ1) is 21.4. The molecule has 0 saturated heterocycles. The highest BCUT2D eigenvalue weighted by Crippen LogP contribution is 2.54. The number of hydrogen-bond acceptors (Lipinski definition) is 5. The van der Waals surface area contributed by atoms with Gasteiger partial charge in [0.05, 0.1) is 15.6 Å². The van der Waals surface area contributed by atoms with Gasteiger partial charge < -0.3 is 8.85 Å². The van der Waals surface area contributed by atoms with Gasteiger partial charge in [-0.2, -0.15) is 0 Å². The standard InChI is InChI=1S/C38H66O3S2Si2/c1-13-21-32-37(18-6,42-9)39-43-36(16-4,17-5)35(14-2,15-3)40-45(33-28-24-22-25-29-33,34-30-26-23-27-31-34)38(19-7,20-8)41-44(10,11)12/h22-31H,13-21,32H2,1-12H3. The SMILES string of the molecule is CCCCC(CC)(OSC(CC)(CC)C(CC)(CC)O[Si](c1ccccc1)(c1ccccc1)C(CC)(CC)O[Si](C)(C)C)SC. The fourth-order valence-electron chi connectivity index (χ4n) is 7.47. The summed E-state index contributed by atoms with van der Waals surface area (Å²) >= 11 is 3.62. The van der Waals surface area contributed by atoms with Crippen molar-refractivity contribution in [3.05, 3.63) is 60.7 Å². The Bertz CT molecular complexity index is 1050. The molecule has 0 aliphatic rings. The Labute approximate surface area is 289 Å². The van der Waals surface area contributed by atoms with Crippen LogP contribution in [0.25, 0.3) is 0 Å². The number of hydrogen-bond donors (Lipinski definition) is 0. The smallest absolute Gasteiger partial charge is 0.286 e. The summed E-state index contributed by atoms with van der Waals surface area (Å²) < 4.78 is 22.8. The normalized spacial score (nSPS) is 14.8. The van der Waals surface area contributed by atoms with Gasteiger partial charge in [-0.25, -0.2) is 0 Å². The van der Waals surface area contributed by atoms with Crippen LogP contribution in [0.15, 0.2) is 60.7 Å². The maximum absolute atomic E-state index is 8.38. The molecule has 0 aliphatic heterocycles. The van der Waals surface area contributed by atoms with Crippen LogP contribution in [0.1, 0.15) is 120 Å². The maximum Gasteiger partial charge on any atom is 0.286 e. The Morgan fingerprint density at radius 2 is 1.11 bits per heavy atom. The van der Waals surface area contributed by atoms with E-state index in [-0.39, 0.29) is 9.68 Å². The van der Waals surface area contributed by atoms with Crippen molar-refractivity contribution in [3.8, 4) is 0 Å². The third-order valence-electron chi connectivity index (χ3n) is 10.3. The molecule has 1 unspecified atom stereocenters. The van der Waals surface area contributed by atoms with Crippen molar-refractivity contribution in [1.82, 2.24) is 0 Å². The van der Waals surface area contributed by atoms with E-state index in [2.05, 4.69) is 142 Å². The van der Waals surface area contributed by atoms with E-state index in [1.54, 1.807) is 12.0 Å². The van der Waals surface area contributed by atoms with Gasteiger partial charge >= 0.3 is 0 Å². The summed E-state index contributed by atoms with van der Waals surface area (Å²) in [5.41, 5.74) is -0.444. The monoisotopic (exact) mass is 690 g/mol. The first-order valence-corrected chi connectivity index (χ1v) is 25.1. The molecule has 2 aromatic rings. The molecular formula is C38H66O3S2Si2. The molecule has 2 aromatic carbocycles. The summed E-state index contributed by atoms with van der Waals surface area (Å²) in [6.45, 7) is 25.6. The second-order valence-electron chi connectivity index (χ2n) is 13.6. The summed E-state index contributed by atoms with van der Waals surface area (Å²) in [6, 6.07) is 22.3. The van der Waals surface area contributed by atoms with E-state index in [0.29, 0.717) is 0 Å². The van der Waals surface area contributed by atoms with Crippen molar-refractivity contribution < 1.29 is 13.0 Å². The van der Waals surface area contributed by atoms with E-state index in [4.69, 9.17) is 13.0 Å². The molecule has 45 heavy (non-hydrogen) atoms. The minimum Gasteiger partial charge on any atom is -0.411 e. The van der Waals surface area contributed by atoms with Crippen molar-refractivity contribution in [2.45, 2.75) is 160 Å². The van der Waals surface area contributed by atoms with Crippen molar-refractivity contribution in [3.63, 3.8) is 0 Å². The number of thioether (sulfide) groups is 1. The summed E-state index contributed by atoms with van der Waals surface area (Å²) in [5, 5.41) is 2.15.